The third-order valence-electron chi connectivity index (χ3n) is 4.42. The van der Waals surface area contributed by atoms with E-state index in [1.54, 1.807) is 4.90 Å². The molecule has 2 unspecified atom stereocenters. The number of likely N-dealkylation sites (tertiary alicyclic amines) is 1. The minimum atomic E-state index is -0.896. The summed E-state index contributed by atoms with van der Waals surface area (Å²) in [5.41, 5.74) is 5.86. The molecule has 21 heavy (non-hydrogen) atoms. The summed E-state index contributed by atoms with van der Waals surface area (Å²) in [6, 6.07) is -0.120. The number of hydrogen-bond donors (Lipinski definition) is 2. The maximum Gasteiger partial charge on any atom is 0.311 e. The standard InChI is InChI=1S/C14H25N3O4/c1-2-17(12-9-21-8-11(12)14(19)20)13(18)7-16-5-3-10(15)4-6-16/h10-12H,2-9,15H2,1H3,(H,19,20). The first-order valence-electron chi connectivity index (χ1n) is 7.60. The van der Waals surface area contributed by atoms with Crippen molar-refractivity contribution < 1.29 is 19.4 Å². The fourth-order valence-corrected chi connectivity index (χ4v) is 3.08. The molecule has 7 heteroatoms. The van der Waals surface area contributed by atoms with Gasteiger partial charge in [-0.1, -0.05) is 0 Å². The Morgan fingerprint density at radius 3 is 2.57 bits per heavy atom. The first-order valence-corrected chi connectivity index (χ1v) is 7.60. The van der Waals surface area contributed by atoms with Gasteiger partial charge < -0.3 is 20.5 Å². The van der Waals surface area contributed by atoms with Gasteiger partial charge in [-0.05, 0) is 19.8 Å². The summed E-state index contributed by atoms with van der Waals surface area (Å²) < 4.78 is 5.26. The lowest BCUT2D eigenvalue weighted by molar-refractivity contribution is -0.145. The highest BCUT2D eigenvalue weighted by Gasteiger charge is 2.39. The highest BCUT2D eigenvalue weighted by Crippen LogP contribution is 2.20. The molecule has 2 heterocycles. The van der Waals surface area contributed by atoms with E-state index in [0.717, 1.165) is 25.9 Å². The average Bonchev–Trinajstić information content (AvgIpc) is 2.91. The minimum Gasteiger partial charge on any atom is -0.481 e. The number of piperidine rings is 1. The number of carbonyl (C=O) groups excluding carboxylic acids is 1. The second-order valence-corrected chi connectivity index (χ2v) is 5.84. The molecule has 7 nitrogen and oxygen atoms in total. The van der Waals surface area contributed by atoms with Gasteiger partial charge in [-0.15, -0.1) is 0 Å². The van der Waals surface area contributed by atoms with Crippen LogP contribution in [0.3, 0.4) is 0 Å². The molecular formula is C14H25N3O4. The second kappa shape index (κ2) is 7.20. The van der Waals surface area contributed by atoms with Crippen molar-refractivity contribution in [2.24, 2.45) is 11.7 Å². The topological polar surface area (TPSA) is 96.1 Å². The third kappa shape index (κ3) is 3.93. The summed E-state index contributed by atoms with van der Waals surface area (Å²) in [7, 11) is 0. The van der Waals surface area contributed by atoms with Crippen LogP contribution >= 0.6 is 0 Å². The SMILES string of the molecule is CCN(C(=O)CN1CCC(N)CC1)C1COCC1C(=O)O. The molecule has 0 aromatic rings. The van der Waals surface area contributed by atoms with E-state index >= 15 is 0 Å². The van der Waals surface area contributed by atoms with Crippen LogP contribution < -0.4 is 5.73 Å². The van der Waals surface area contributed by atoms with Crippen LogP contribution in [0.2, 0.25) is 0 Å². The van der Waals surface area contributed by atoms with Crippen molar-refractivity contribution in [2.75, 3.05) is 39.4 Å². The number of likely N-dealkylation sites (N-methyl/N-ethyl adjacent to an activating group) is 1. The normalized spacial score (nSPS) is 27.7. The van der Waals surface area contributed by atoms with E-state index in [1.165, 1.54) is 0 Å². The molecular weight excluding hydrogens is 274 g/mol. The van der Waals surface area contributed by atoms with Crippen LogP contribution in [0.15, 0.2) is 0 Å². The monoisotopic (exact) mass is 299 g/mol. The van der Waals surface area contributed by atoms with E-state index in [0.29, 0.717) is 19.7 Å². The van der Waals surface area contributed by atoms with E-state index in [1.807, 2.05) is 6.92 Å². The predicted molar refractivity (Wildman–Crippen MR) is 76.8 cm³/mol. The Morgan fingerprint density at radius 1 is 1.33 bits per heavy atom. The molecule has 0 radical (unpaired) electrons. The van der Waals surface area contributed by atoms with Gasteiger partial charge in [0.05, 0.1) is 25.8 Å². The molecule has 2 aliphatic rings. The lowest BCUT2D eigenvalue weighted by atomic mass is 10.0. The van der Waals surface area contributed by atoms with Crippen LogP contribution in [-0.2, 0) is 14.3 Å². The molecule has 3 N–H and O–H groups in total. The maximum absolute atomic E-state index is 12.5. The van der Waals surface area contributed by atoms with Crippen molar-refractivity contribution in [3.8, 4) is 0 Å². The molecule has 0 bridgehead atoms. The number of aliphatic carboxylic acids is 1. The second-order valence-electron chi connectivity index (χ2n) is 5.84. The quantitative estimate of drug-likeness (QED) is 0.701. The summed E-state index contributed by atoms with van der Waals surface area (Å²) in [5, 5.41) is 9.22. The zero-order valence-corrected chi connectivity index (χ0v) is 12.5. The first-order chi connectivity index (χ1) is 10.0. The van der Waals surface area contributed by atoms with Crippen LogP contribution in [0.5, 0.6) is 0 Å². The lowest BCUT2D eigenvalue weighted by Crippen LogP contribution is -2.51. The largest absolute Gasteiger partial charge is 0.481 e. The molecule has 2 atom stereocenters. The van der Waals surface area contributed by atoms with Gasteiger partial charge in [-0.3, -0.25) is 14.5 Å². The zero-order chi connectivity index (χ0) is 15.4. The van der Waals surface area contributed by atoms with E-state index in [4.69, 9.17) is 10.5 Å². The Hall–Kier alpha value is -1.18. The van der Waals surface area contributed by atoms with E-state index < -0.39 is 11.9 Å². The number of carboxylic acids is 1. The van der Waals surface area contributed by atoms with Crippen molar-refractivity contribution in [1.82, 2.24) is 9.80 Å². The highest BCUT2D eigenvalue weighted by atomic mass is 16.5. The Morgan fingerprint density at radius 2 is 2.00 bits per heavy atom. The summed E-state index contributed by atoms with van der Waals surface area (Å²) in [4.78, 5) is 27.5. The summed E-state index contributed by atoms with van der Waals surface area (Å²) in [6.45, 7) is 4.86. The minimum absolute atomic E-state index is 0.0188. The third-order valence-corrected chi connectivity index (χ3v) is 4.42. The van der Waals surface area contributed by atoms with Gasteiger partial charge in [-0.2, -0.15) is 0 Å². The van der Waals surface area contributed by atoms with Gasteiger partial charge in [-0.25, -0.2) is 0 Å². The fourth-order valence-electron chi connectivity index (χ4n) is 3.08. The number of carbonyl (C=O) groups is 2. The molecule has 0 aliphatic carbocycles. The molecule has 0 aromatic heterocycles. The smallest absolute Gasteiger partial charge is 0.311 e. The number of nitrogens with zero attached hydrogens (tertiary/aromatic N) is 2. The van der Waals surface area contributed by atoms with Gasteiger partial charge >= 0.3 is 5.97 Å². The Bertz CT molecular complexity index is 382. The molecule has 0 aromatic carbocycles. The number of amides is 1. The van der Waals surface area contributed by atoms with Crippen molar-refractivity contribution in [2.45, 2.75) is 31.8 Å². The van der Waals surface area contributed by atoms with Crippen LogP contribution in [0.4, 0.5) is 0 Å². The Balaban J connectivity index is 1.93. The molecule has 2 fully saturated rings. The van der Waals surface area contributed by atoms with Gasteiger partial charge in [0, 0.05) is 25.7 Å². The lowest BCUT2D eigenvalue weighted by Gasteiger charge is -2.34. The predicted octanol–water partition coefficient (Wildman–Crippen LogP) is -0.642. The molecule has 2 rings (SSSR count). The van der Waals surface area contributed by atoms with Crippen molar-refractivity contribution in [3.05, 3.63) is 0 Å². The van der Waals surface area contributed by atoms with Crippen LogP contribution in [0.1, 0.15) is 19.8 Å². The molecule has 2 aliphatic heterocycles. The number of carboxylic acid groups (broad SMARTS) is 1. The van der Waals surface area contributed by atoms with Crippen molar-refractivity contribution >= 4 is 11.9 Å². The molecule has 120 valence electrons. The van der Waals surface area contributed by atoms with Gasteiger partial charge in [0.25, 0.3) is 0 Å². The number of hydrogen-bond acceptors (Lipinski definition) is 5. The summed E-state index contributed by atoms with van der Waals surface area (Å²) in [5.74, 6) is -1.54. The summed E-state index contributed by atoms with van der Waals surface area (Å²) >= 11 is 0. The van der Waals surface area contributed by atoms with E-state index in [9.17, 15) is 14.7 Å². The first kappa shape index (κ1) is 16.2. The number of ether oxygens (including phenoxy) is 1. The van der Waals surface area contributed by atoms with E-state index in [2.05, 4.69) is 4.90 Å². The molecule has 2 saturated heterocycles. The Kier molecular flexibility index (Phi) is 5.55. The zero-order valence-electron chi connectivity index (χ0n) is 12.5. The van der Waals surface area contributed by atoms with Crippen molar-refractivity contribution in [1.29, 1.82) is 0 Å². The maximum atomic E-state index is 12.5. The van der Waals surface area contributed by atoms with Crippen LogP contribution in [0.25, 0.3) is 0 Å². The highest BCUT2D eigenvalue weighted by molar-refractivity contribution is 5.80. The van der Waals surface area contributed by atoms with Gasteiger partial charge in [0.15, 0.2) is 0 Å². The van der Waals surface area contributed by atoms with Crippen molar-refractivity contribution in [3.63, 3.8) is 0 Å². The fraction of sp³-hybridized carbons (Fsp3) is 0.857. The number of nitrogens with two attached hydrogens (primary N) is 1. The molecule has 0 spiro atoms. The average molecular weight is 299 g/mol. The van der Waals surface area contributed by atoms with Crippen LogP contribution in [0, 0.1) is 5.92 Å². The Labute approximate surface area is 125 Å². The molecule has 1 amide bonds. The van der Waals surface area contributed by atoms with Gasteiger partial charge in [0.2, 0.25) is 5.91 Å². The van der Waals surface area contributed by atoms with Crippen LogP contribution in [-0.4, -0.2) is 78.3 Å². The summed E-state index contributed by atoms with van der Waals surface area (Å²) in [6.07, 6.45) is 1.81. The van der Waals surface area contributed by atoms with E-state index in [-0.39, 0.29) is 24.6 Å². The molecule has 0 saturated carbocycles. The number of rotatable bonds is 5. The van der Waals surface area contributed by atoms with Gasteiger partial charge in [0.1, 0.15) is 5.92 Å².